The summed E-state index contributed by atoms with van der Waals surface area (Å²) >= 11 is 6.13. The molecule has 0 atom stereocenters. The number of aromatic nitrogens is 4. The van der Waals surface area contributed by atoms with Crippen molar-refractivity contribution in [2.75, 3.05) is 0 Å². The summed E-state index contributed by atoms with van der Waals surface area (Å²) in [6.45, 7) is 8.11. The van der Waals surface area contributed by atoms with Crippen molar-refractivity contribution in [1.82, 2.24) is 24.0 Å². The second-order valence-corrected chi connectivity index (χ2v) is 8.09. The lowest BCUT2D eigenvalue weighted by Gasteiger charge is -2.26. The smallest absolute Gasteiger partial charge is 0.324 e. The third-order valence-corrected chi connectivity index (χ3v) is 5.43. The van der Waals surface area contributed by atoms with Crippen LogP contribution < -0.4 is 11.2 Å². The highest BCUT2D eigenvalue weighted by molar-refractivity contribution is 6.30. The average Bonchev–Trinajstić information content (AvgIpc) is 2.97. The maximum Gasteiger partial charge on any atom is 0.330 e. The van der Waals surface area contributed by atoms with E-state index >= 15 is 0 Å². The molecule has 2 heterocycles. The Morgan fingerprint density at radius 3 is 2.66 bits per heavy atom. The maximum atomic E-state index is 12.4. The Kier molecular flexibility index (Phi) is 6.59. The van der Waals surface area contributed by atoms with E-state index in [2.05, 4.69) is 30.7 Å². The lowest BCUT2D eigenvalue weighted by atomic mass is 10.2. The van der Waals surface area contributed by atoms with Crippen molar-refractivity contribution in [3.05, 3.63) is 61.5 Å². The quantitative estimate of drug-likeness (QED) is 0.610. The molecule has 0 amide bonds. The summed E-state index contributed by atoms with van der Waals surface area (Å²) in [5, 5.41) is 0.709. The van der Waals surface area contributed by atoms with Gasteiger partial charge in [-0.25, -0.2) is 9.78 Å². The molecule has 8 heteroatoms. The number of hydrogen-bond donors (Lipinski definition) is 1. The van der Waals surface area contributed by atoms with Crippen molar-refractivity contribution in [2.24, 2.45) is 7.05 Å². The van der Waals surface area contributed by atoms with Gasteiger partial charge in [0, 0.05) is 31.2 Å². The monoisotopic (exact) mass is 417 g/mol. The molecule has 0 fully saturated rings. The summed E-state index contributed by atoms with van der Waals surface area (Å²) in [4.78, 5) is 34.2. The topological polar surface area (TPSA) is 75.9 Å². The molecule has 29 heavy (non-hydrogen) atoms. The highest BCUT2D eigenvalue weighted by Crippen LogP contribution is 2.18. The molecule has 3 aromatic rings. The number of nitrogens with one attached hydrogen (secondary N) is 1. The standard InChI is InChI=1S/C21H28ClN5O2/c1-5-6-10-27-19-18(20(28)24-21(27)29)25(4)17(23-19)13-26(14(2)3)12-15-8-7-9-16(22)11-15/h7-9,11,14H,5-6,10,12-13H2,1-4H3,(H,24,28,29). The van der Waals surface area contributed by atoms with Crippen LogP contribution in [0.1, 0.15) is 45.0 Å². The van der Waals surface area contributed by atoms with Crippen LogP contribution in [0.3, 0.4) is 0 Å². The molecule has 2 aromatic heterocycles. The van der Waals surface area contributed by atoms with Crippen LogP contribution in [0.5, 0.6) is 0 Å². The molecule has 0 bridgehead atoms. The lowest BCUT2D eigenvalue weighted by molar-refractivity contribution is 0.197. The van der Waals surface area contributed by atoms with Crippen molar-refractivity contribution in [3.63, 3.8) is 0 Å². The van der Waals surface area contributed by atoms with Crippen molar-refractivity contribution in [3.8, 4) is 0 Å². The molecule has 0 aliphatic heterocycles. The highest BCUT2D eigenvalue weighted by atomic mass is 35.5. The number of aryl methyl sites for hydroxylation is 2. The predicted molar refractivity (Wildman–Crippen MR) is 116 cm³/mol. The number of benzene rings is 1. The molecule has 7 nitrogen and oxygen atoms in total. The van der Waals surface area contributed by atoms with Gasteiger partial charge in [-0.1, -0.05) is 37.1 Å². The summed E-state index contributed by atoms with van der Waals surface area (Å²) < 4.78 is 3.36. The Balaban J connectivity index is 1.99. The molecule has 156 valence electrons. The minimum atomic E-state index is -0.403. The largest absolute Gasteiger partial charge is 0.330 e. The SMILES string of the molecule is CCCCn1c(=O)[nH]c(=O)c2c1nc(CN(Cc1cccc(Cl)c1)C(C)C)n2C. The van der Waals surface area contributed by atoms with Gasteiger partial charge in [-0.2, -0.15) is 0 Å². The van der Waals surface area contributed by atoms with Gasteiger partial charge in [-0.15, -0.1) is 0 Å². The van der Waals surface area contributed by atoms with Crippen LogP contribution in [0.25, 0.3) is 11.2 Å². The molecule has 0 saturated heterocycles. The van der Waals surface area contributed by atoms with E-state index in [9.17, 15) is 9.59 Å². The third-order valence-electron chi connectivity index (χ3n) is 5.19. The number of hydrogen-bond acceptors (Lipinski definition) is 4. The van der Waals surface area contributed by atoms with Crippen LogP contribution in [0.2, 0.25) is 5.02 Å². The van der Waals surface area contributed by atoms with Gasteiger partial charge in [0.2, 0.25) is 0 Å². The van der Waals surface area contributed by atoms with Crippen LogP contribution in [0, 0.1) is 0 Å². The zero-order chi connectivity index (χ0) is 21.1. The minimum Gasteiger partial charge on any atom is -0.324 e. The summed E-state index contributed by atoms with van der Waals surface area (Å²) in [5.41, 5.74) is 1.20. The van der Waals surface area contributed by atoms with Crippen LogP contribution in [-0.2, 0) is 26.7 Å². The number of unbranched alkanes of at least 4 members (excludes halogenated alkanes) is 1. The predicted octanol–water partition coefficient (Wildman–Crippen LogP) is 3.29. The minimum absolute atomic E-state index is 0.259. The van der Waals surface area contributed by atoms with E-state index in [1.54, 1.807) is 9.13 Å². The summed E-state index contributed by atoms with van der Waals surface area (Å²) in [6.07, 6.45) is 1.80. The van der Waals surface area contributed by atoms with Gasteiger partial charge < -0.3 is 4.57 Å². The number of nitrogens with zero attached hydrogens (tertiary/aromatic N) is 4. The van der Waals surface area contributed by atoms with E-state index in [0.717, 1.165) is 24.2 Å². The van der Waals surface area contributed by atoms with Crippen molar-refractivity contribution >= 4 is 22.8 Å². The van der Waals surface area contributed by atoms with Gasteiger partial charge in [0.15, 0.2) is 11.2 Å². The number of imidazole rings is 1. The van der Waals surface area contributed by atoms with Gasteiger partial charge in [-0.05, 0) is 38.0 Å². The Bertz CT molecular complexity index is 1110. The summed E-state index contributed by atoms with van der Waals surface area (Å²) in [6, 6.07) is 8.06. The van der Waals surface area contributed by atoms with Crippen molar-refractivity contribution in [2.45, 2.75) is 59.3 Å². The fraction of sp³-hybridized carbons (Fsp3) is 0.476. The first-order valence-corrected chi connectivity index (χ1v) is 10.4. The highest BCUT2D eigenvalue weighted by Gasteiger charge is 2.19. The first-order valence-electron chi connectivity index (χ1n) is 9.98. The summed E-state index contributed by atoms with van der Waals surface area (Å²) in [5.74, 6) is 0.747. The average molecular weight is 418 g/mol. The second-order valence-electron chi connectivity index (χ2n) is 7.65. The molecule has 0 spiro atoms. The van der Waals surface area contributed by atoms with Crippen molar-refractivity contribution in [1.29, 1.82) is 0 Å². The van der Waals surface area contributed by atoms with Gasteiger partial charge in [0.1, 0.15) is 5.82 Å². The number of halogens is 1. The Morgan fingerprint density at radius 1 is 1.24 bits per heavy atom. The number of rotatable bonds is 8. The van der Waals surface area contributed by atoms with Crippen LogP contribution in [-0.4, -0.2) is 30.0 Å². The zero-order valence-corrected chi connectivity index (χ0v) is 18.2. The molecule has 0 unspecified atom stereocenters. The van der Waals surface area contributed by atoms with E-state index in [1.807, 2.05) is 31.3 Å². The van der Waals surface area contributed by atoms with Crippen LogP contribution >= 0.6 is 11.6 Å². The van der Waals surface area contributed by atoms with Gasteiger partial charge in [0.25, 0.3) is 5.56 Å². The second kappa shape index (κ2) is 8.97. The Morgan fingerprint density at radius 2 is 2.00 bits per heavy atom. The van der Waals surface area contributed by atoms with E-state index in [-0.39, 0.29) is 6.04 Å². The first-order chi connectivity index (χ1) is 13.8. The fourth-order valence-electron chi connectivity index (χ4n) is 3.43. The molecule has 0 radical (unpaired) electrons. The molecular weight excluding hydrogens is 390 g/mol. The number of aromatic amines is 1. The van der Waals surface area contributed by atoms with Crippen LogP contribution in [0.4, 0.5) is 0 Å². The van der Waals surface area contributed by atoms with Crippen LogP contribution in [0.15, 0.2) is 33.9 Å². The fourth-order valence-corrected chi connectivity index (χ4v) is 3.64. The molecule has 0 aliphatic carbocycles. The molecule has 1 N–H and O–H groups in total. The Hall–Kier alpha value is -2.38. The van der Waals surface area contributed by atoms with Gasteiger partial charge >= 0.3 is 5.69 Å². The maximum absolute atomic E-state index is 12.4. The molecule has 0 aliphatic rings. The molecule has 3 rings (SSSR count). The summed E-state index contributed by atoms with van der Waals surface area (Å²) in [7, 11) is 1.83. The van der Waals surface area contributed by atoms with E-state index in [0.29, 0.717) is 35.8 Å². The van der Waals surface area contributed by atoms with Crippen molar-refractivity contribution < 1.29 is 0 Å². The first kappa shape index (κ1) is 21.3. The molecular formula is C21H28ClN5O2. The number of fused-ring (bicyclic) bond motifs is 1. The molecule has 1 aromatic carbocycles. The molecule has 0 saturated carbocycles. The van der Waals surface area contributed by atoms with E-state index in [4.69, 9.17) is 16.6 Å². The Labute approximate surface area is 174 Å². The lowest BCUT2D eigenvalue weighted by Crippen LogP contribution is -2.31. The van der Waals surface area contributed by atoms with E-state index < -0.39 is 11.2 Å². The number of H-pyrrole nitrogens is 1. The van der Waals surface area contributed by atoms with Gasteiger partial charge in [-0.3, -0.25) is 19.2 Å². The zero-order valence-electron chi connectivity index (χ0n) is 17.4. The third kappa shape index (κ3) is 4.62. The van der Waals surface area contributed by atoms with Gasteiger partial charge in [0.05, 0.1) is 6.54 Å². The van der Waals surface area contributed by atoms with E-state index in [1.165, 1.54) is 0 Å². The normalized spacial score (nSPS) is 11.8.